The van der Waals surface area contributed by atoms with Gasteiger partial charge in [-0.25, -0.2) is 0 Å². The molecule has 2 aromatic carbocycles. The molecule has 0 spiro atoms. The van der Waals surface area contributed by atoms with Gasteiger partial charge in [-0.15, -0.1) is 0 Å². The minimum atomic E-state index is -0.236. The van der Waals surface area contributed by atoms with E-state index in [9.17, 15) is 4.79 Å². The molecule has 0 aliphatic heterocycles. The van der Waals surface area contributed by atoms with Crippen molar-refractivity contribution in [3.63, 3.8) is 0 Å². The van der Waals surface area contributed by atoms with Crippen LogP contribution in [0, 0.1) is 11.3 Å². The van der Waals surface area contributed by atoms with Crippen molar-refractivity contribution in [2.24, 2.45) is 0 Å². The molecular formula is C17H13N3O2. The molecule has 0 saturated heterocycles. The lowest BCUT2D eigenvalue weighted by Crippen LogP contribution is -2.12. The van der Waals surface area contributed by atoms with Crippen molar-refractivity contribution in [2.45, 2.75) is 0 Å². The number of nitrogens with zero attached hydrogens (tertiary/aromatic N) is 1. The first kappa shape index (κ1) is 13.7. The number of ether oxygens (including phenoxy) is 1. The van der Waals surface area contributed by atoms with Crippen LogP contribution in [0.1, 0.15) is 16.1 Å². The lowest BCUT2D eigenvalue weighted by molar-refractivity contribution is 0.102. The number of aromatic nitrogens is 1. The normalized spacial score (nSPS) is 10.2. The number of hydrogen-bond donors (Lipinski definition) is 2. The summed E-state index contributed by atoms with van der Waals surface area (Å²) in [5.41, 5.74) is 2.52. The van der Waals surface area contributed by atoms with Crippen LogP contribution >= 0.6 is 0 Å². The number of carbonyl (C=O) groups is 1. The quantitative estimate of drug-likeness (QED) is 0.777. The van der Waals surface area contributed by atoms with Crippen molar-refractivity contribution in [2.75, 3.05) is 12.4 Å². The Morgan fingerprint density at radius 2 is 1.95 bits per heavy atom. The number of methoxy groups -OCH3 is 1. The van der Waals surface area contributed by atoms with Gasteiger partial charge in [0.2, 0.25) is 0 Å². The predicted octanol–water partition coefficient (Wildman–Crippen LogP) is 3.30. The van der Waals surface area contributed by atoms with E-state index in [1.165, 1.54) is 0 Å². The van der Waals surface area contributed by atoms with Gasteiger partial charge in [-0.1, -0.05) is 0 Å². The topological polar surface area (TPSA) is 77.9 Å². The zero-order valence-electron chi connectivity index (χ0n) is 11.9. The molecule has 2 N–H and O–H groups in total. The molecule has 22 heavy (non-hydrogen) atoms. The summed E-state index contributed by atoms with van der Waals surface area (Å²) in [6, 6.07) is 16.1. The molecule has 1 heterocycles. The number of carbonyl (C=O) groups excluding carboxylic acids is 1. The summed E-state index contributed by atoms with van der Waals surface area (Å²) in [5, 5.41) is 12.5. The van der Waals surface area contributed by atoms with Crippen LogP contribution in [0.4, 0.5) is 5.69 Å². The van der Waals surface area contributed by atoms with Gasteiger partial charge in [0.25, 0.3) is 5.91 Å². The van der Waals surface area contributed by atoms with Crippen LogP contribution < -0.4 is 10.1 Å². The van der Waals surface area contributed by atoms with E-state index in [0.29, 0.717) is 16.9 Å². The van der Waals surface area contributed by atoms with Gasteiger partial charge in [0.1, 0.15) is 11.4 Å². The predicted molar refractivity (Wildman–Crippen MR) is 84.0 cm³/mol. The highest BCUT2D eigenvalue weighted by atomic mass is 16.5. The van der Waals surface area contributed by atoms with Gasteiger partial charge in [-0.05, 0) is 48.5 Å². The minimum absolute atomic E-state index is 0.236. The molecule has 0 fully saturated rings. The highest BCUT2D eigenvalue weighted by Gasteiger charge is 2.10. The van der Waals surface area contributed by atoms with E-state index >= 15 is 0 Å². The number of amides is 1. The van der Waals surface area contributed by atoms with E-state index < -0.39 is 0 Å². The molecule has 0 unspecified atom stereocenters. The second-order valence-electron chi connectivity index (χ2n) is 4.78. The number of aromatic amines is 1. The van der Waals surface area contributed by atoms with E-state index in [4.69, 9.17) is 10.00 Å². The van der Waals surface area contributed by atoms with Crippen LogP contribution in [0.15, 0.2) is 48.5 Å². The third-order valence-electron chi connectivity index (χ3n) is 3.34. The number of benzene rings is 2. The average Bonchev–Trinajstić information content (AvgIpc) is 2.98. The molecular weight excluding hydrogens is 278 g/mol. The summed E-state index contributed by atoms with van der Waals surface area (Å²) in [4.78, 5) is 15.3. The highest BCUT2D eigenvalue weighted by molar-refractivity contribution is 6.06. The second-order valence-corrected chi connectivity index (χ2v) is 4.78. The summed E-state index contributed by atoms with van der Waals surface area (Å²) in [6.45, 7) is 0. The average molecular weight is 291 g/mol. The van der Waals surface area contributed by atoms with Crippen molar-refractivity contribution < 1.29 is 9.53 Å². The first-order valence-electron chi connectivity index (χ1n) is 6.68. The van der Waals surface area contributed by atoms with Crippen LogP contribution in [0.3, 0.4) is 0 Å². The molecule has 1 aromatic heterocycles. The van der Waals surface area contributed by atoms with Crippen molar-refractivity contribution in [1.29, 1.82) is 5.26 Å². The Morgan fingerprint density at radius 3 is 2.64 bits per heavy atom. The molecule has 0 bridgehead atoms. The van der Waals surface area contributed by atoms with Crippen molar-refractivity contribution in [3.8, 4) is 11.8 Å². The number of rotatable bonds is 3. The number of anilines is 1. The van der Waals surface area contributed by atoms with Gasteiger partial charge in [-0.3, -0.25) is 4.79 Å². The van der Waals surface area contributed by atoms with Crippen LogP contribution in [0.5, 0.6) is 5.75 Å². The van der Waals surface area contributed by atoms with Gasteiger partial charge in [0.05, 0.1) is 18.7 Å². The fraction of sp³-hybridized carbons (Fsp3) is 0.0588. The maximum Gasteiger partial charge on any atom is 0.272 e. The fourth-order valence-electron chi connectivity index (χ4n) is 2.19. The van der Waals surface area contributed by atoms with Gasteiger partial charge in [0, 0.05) is 16.6 Å². The van der Waals surface area contributed by atoms with Crippen LogP contribution in [0.25, 0.3) is 10.9 Å². The summed E-state index contributed by atoms with van der Waals surface area (Å²) in [7, 11) is 1.60. The Bertz CT molecular complexity index is 873. The Kier molecular flexibility index (Phi) is 3.50. The zero-order chi connectivity index (χ0) is 15.5. The van der Waals surface area contributed by atoms with Crippen LogP contribution in [-0.4, -0.2) is 18.0 Å². The van der Waals surface area contributed by atoms with Crippen molar-refractivity contribution in [1.82, 2.24) is 4.98 Å². The van der Waals surface area contributed by atoms with Crippen LogP contribution in [0.2, 0.25) is 0 Å². The largest absolute Gasteiger partial charge is 0.497 e. The lowest BCUT2D eigenvalue weighted by atomic mass is 10.2. The second kappa shape index (κ2) is 5.62. The fourth-order valence-corrected chi connectivity index (χ4v) is 2.19. The first-order valence-corrected chi connectivity index (χ1v) is 6.68. The summed E-state index contributed by atoms with van der Waals surface area (Å²) in [6.07, 6.45) is 0. The van der Waals surface area contributed by atoms with Crippen molar-refractivity contribution >= 4 is 22.5 Å². The van der Waals surface area contributed by atoms with Gasteiger partial charge in [-0.2, -0.15) is 5.26 Å². The third-order valence-corrected chi connectivity index (χ3v) is 3.34. The maximum absolute atomic E-state index is 12.3. The minimum Gasteiger partial charge on any atom is -0.497 e. The molecule has 0 radical (unpaired) electrons. The van der Waals surface area contributed by atoms with Crippen LogP contribution in [-0.2, 0) is 0 Å². The third kappa shape index (κ3) is 2.63. The number of nitrogens with one attached hydrogen (secondary N) is 2. The molecule has 3 aromatic rings. The molecule has 108 valence electrons. The Balaban J connectivity index is 1.83. The zero-order valence-corrected chi connectivity index (χ0v) is 11.9. The first-order chi connectivity index (χ1) is 10.7. The van der Waals surface area contributed by atoms with E-state index in [1.54, 1.807) is 37.4 Å². The smallest absolute Gasteiger partial charge is 0.272 e. The van der Waals surface area contributed by atoms with E-state index in [2.05, 4.69) is 10.3 Å². The lowest BCUT2D eigenvalue weighted by Gasteiger charge is -2.03. The molecule has 0 atom stereocenters. The Labute approximate surface area is 127 Å². The van der Waals surface area contributed by atoms with E-state index in [0.717, 1.165) is 16.7 Å². The molecule has 3 rings (SSSR count). The molecule has 5 heteroatoms. The van der Waals surface area contributed by atoms with E-state index in [-0.39, 0.29) is 5.91 Å². The SMILES string of the molecule is COc1ccc2[nH]c(C(=O)Nc3ccc(C#N)cc3)cc2c1. The Hall–Kier alpha value is -3.26. The number of nitriles is 1. The number of hydrogen-bond acceptors (Lipinski definition) is 3. The van der Waals surface area contributed by atoms with E-state index in [1.807, 2.05) is 24.3 Å². The van der Waals surface area contributed by atoms with Gasteiger partial charge in [0.15, 0.2) is 0 Å². The molecule has 0 aliphatic carbocycles. The monoisotopic (exact) mass is 291 g/mol. The maximum atomic E-state index is 12.3. The van der Waals surface area contributed by atoms with Gasteiger partial charge >= 0.3 is 0 Å². The van der Waals surface area contributed by atoms with Crippen molar-refractivity contribution in [3.05, 3.63) is 59.8 Å². The Morgan fingerprint density at radius 1 is 1.18 bits per heavy atom. The highest BCUT2D eigenvalue weighted by Crippen LogP contribution is 2.22. The standard InChI is InChI=1S/C17H13N3O2/c1-22-14-6-7-15-12(8-14)9-16(20-15)17(21)19-13-4-2-11(10-18)3-5-13/h2-9,20H,1H3,(H,19,21). The molecule has 1 amide bonds. The van der Waals surface area contributed by atoms with Gasteiger partial charge < -0.3 is 15.0 Å². The summed E-state index contributed by atoms with van der Waals surface area (Å²) in [5.74, 6) is 0.505. The number of H-pyrrole nitrogens is 1. The molecule has 5 nitrogen and oxygen atoms in total. The molecule has 0 saturated carbocycles. The molecule has 0 aliphatic rings. The summed E-state index contributed by atoms with van der Waals surface area (Å²) >= 11 is 0. The summed E-state index contributed by atoms with van der Waals surface area (Å²) < 4.78 is 5.17. The number of fused-ring (bicyclic) bond motifs is 1.